The molecule has 1 amide bonds. The van der Waals surface area contributed by atoms with Gasteiger partial charge in [0.05, 0.1) is 9.75 Å². The fraction of sp³-hybridized carbons (Fsp3) is 0.182. The van der Waals surface area contributed by atoms with E-state index in [1.807, 2.05) is 36.4 Å². The van der Waals surface area contributed by atoms with Gasteiger partial charge in [-0.05, 0) is 36.6 Å². The molecule has 3 nitrogen and oxygen atoms in total. The Morgan fingerprint density at radius 1 is 0.846 bits per heavy atom. The molecule has 2 aromatic carbocycles. The van der Waals surface area contributed by atoms with Crippen molar-refractivity contribution in [3.8, 4) is 0 Å². The highest BCUT2D eigenvalue weighted by atomic mass is 32.1. The maximum Gasteiger partial charge on any atom is 0.261 e. The highest BCUT2D eigenvalue weighted by Gasteiger charge is 2.15. The lowest BCUT2D eigenvalue weighted by Gasteiger charge is -2.18. The second-order valence-electron chi connectivity index (χ2n) is 6.14. The second kappa shape index (κ2) is 8.59. The van der Waals surface area contributed by atoms with Gasteiger partial charge in [0.2, 0.25) is 0 Å². The molecule has 3 aromatic rings. The summed E-state index contributed by atoms with van der Waals surface area (Å²) in [5.74, 6) is 0.0958. The van der Waals surface area contributed by atoms with Crippen LogP contribution < -0.4 is 5.32 Å². The molecule has 0 unspecified atom stereocenters. The molecule has 0 bridgehead atoms. The van der Waals surface area contributed by atoms with Crippen molar-refractivity contribution in [2.45, 2.75) is 19.3 Å². The average molecular weight is 363 g/mol. The summed E-state index contributed by atoms with van der Waals surface area (Å²) in [5.41, 5.74) is 2.48. The lowest BCUT2D eigenvalue weighted by molar-refractivity contribution is 0.0956. The fourth-order valence-electron chi connectivity index (χ4n) is 2.96. The van der Waals surface area contributed by atoms with Gasteiger partial charge in [0.25, 0.3) is 5.91 Å². The SMILES string of the molecule is CC(=O)c1ccc(C(=O)NCCC(c2ccccc2)c2ccccc2)s1. The largest absolute Gasteiger partial charge is 0.351 e. The number of nitrogens with one attached hydrogen (secondary N) is 1. The zero-order chi connectivity index (χ0) is 18.4. The van der Waals surface area contributed by atoms with Gasteiger partial charge in [0.1, 0.15) is 0 Å². The second-order valence-corrected chi connectivity index (χ2v) is 7.22. The number of carbonyl (C=O) groups excluding carboxylic acids is 2. The first-order valence-corrected chi connectivity index (χ1v) is 9.45. The van der Waals surface area contributed by atoms with E-state index >= 15 is 0 Å². The van der Waals surface area contributed by atoms with Gasteiger partial charge in [-0.15, -0.1) is 11.3 Å². The van der Waals surface area contributed by atoms with E-state index in [0.717, 1.165) is 6.42 Å². The van der Waals surface area contributed by atoms with Gasteiger partial charge in [0, 0.05) is 12.5 Å². The standard InChI is InChI=1S/C22H21NO2S/c1-16(24)20-12-13-21(26-20)22(25)23-15-14-19(17-8-4-2-5-9-17)18-10-6-3-7-11-18/h2-13,19H,14-15H2,1H3,(H,23,25). The normalized spacial score (nSPS) is 10.7. The maximum absolute atomic E-state index is 12.3. The quantitative estimate of drug-likeness (QED) is 0.607. The Kier molecular flexibility index (Phi) is 5.97. The van der Waals surface area contributed by atoms with Crippen molar-refractivity contribution in [3.05, 3.63) is 93.7 Å². The van der Waals surface area contributed by atoms with Crippen LogP contribution in [0.4, 0.5) is 0 Å². The van der Waals surface area contributed by atoms with Crippen molar-refractivity contribution < 1.29 is 9.59 Å². The van der Waals surface area contributed by atoms with Crippen molar-refractivity contribution in [3.63, 3.8) is 0 Å². The van der Waals surface area contributed by atoms with E-state index < -0.39 is 0 Å². The lowest BCUT2D eigenvalue weighted by atomic mass is 9.88. The first-order chi connectivity index (χ1) is 12.6. The number of hydrogen-bond donors (Lipinski definition) is 1. The molecule has 132 valence electrons. The van der Waals surface area contributed by atoms with E-state index in [1.165, 1.54) is 29.4 Å². The van der Waals surface area contributed by atoms with Gasteiger partial charge in [0.15, 0.2) is 5.78 Å². The Bertz CT molecular complexity index is 832. The number of amides is 1. The molecular weight excluding hydrogens is 342 g/mol. The highest BCUT2D eigenvalue weighted by Crippen LogP contribution is 2.27. The van der Waals surface area contributed by atoms with Crippen molar-refractivity contribution in [2.75, 3.05) is 6.54 Å². The fourth-order valence-corrected chi connectivity index (χ4v) is 3.78. The molecule has 4 heteroatoms. The number of thiophene rings is 1. The van der Waals surface area contributed by atoms with Crippen molar-refractivity contribution in [2.24, 2.45) is 0 Å². The van der Waals surface area contributed by atoms with E-state index in [1.54, 1.807) is 12.1 Å². The minimum absolute atomic E-state index is 0.0118. The smallest absolute Gasteiger partial charge is 0.261 e. The van der Waals surface area contributed by atoms with Crippen LogP contribution in [0.1, 0.15) is 49.7 Å². The highest BCUT2D eigenvalue weighted by molar-refractivity contribution is 7.15. The summed E-state index contributed by atoms with van der Waals surface area (Å²) in [4.78, 5) is 24.9. The van der Waals surface area contributed by atoms with Crippen molar-refractivity contribution in [1.82, 2.24) is 5.32 Å². The van der Waals surface area contributed by atoms with Gasteiger partial charge in [-0.25, -0.2) is 0 Å². The minimum Gasteiger partial charge on any atom is -0.351 e. The molecule has 26 heavy (non-hydrogen) atoms. The lowest BCUT2D eigenvalue weighted by Crippen LogP contribution is -2.25. The molecule has 0 saturated carbocycles. The Labute approximate surface area is 157 Å². The van der Waals surface area contributed by atoms with Gasteiger partial charge < -0.3 is 5.32 Å². The third-order valence-corrected chi connectivity index (χ3v) is 5.48. The zero-order valence-corrected chi connectivity index (χ0v) is 15.5. The van der Waals surface area contributed by atoms with Crippen molar-refractivity contribution in [1.29, 1.82) is 0 Å². The van der Waals surface area contributed by atoms with Gasteiger partial charge in [-0.1, -0.05) is 60.7 Å². The molecule has 0 radical (unpaired) electrons. The van der Waals surface area contributed by atoms with Crippen molar-refractivity contribution >= 4 is 23.0 Å². The Hall–Kier alpha value is -2.72. The molecule has 0 atom stereocenters. The van der Waals surface area contributed by atoms with E-state index in [4.69, 9.17) is 0 Å². The predicted molar refractivity (Wildman–Crippen MR) is 106 cm³/mol. The van der Waals surface area contributed by atoms with Gasteiger partial charge >= 0.3 is 0 Å². The summed E-state index contributed by atoms with van der Waals surface area (Å²) in [6.45, 7) is 2.08. The van der Waals surface area contributed by atoms with Crippen LogP contribution >= 0.6 is 11.3 Å². The van der Waals surface area contributed by atoms with Crippen LogP contribution in [0.3, 0.4) is 0 Å². The van der Waals surface area contributed by atoms with E-state index in [0.29, 0.717) is 16.3 Å². The van der Waals surface area contributed by atoms with E-state index in [-0.39, 0.29) is 17.6 Å². The topological polar surface area (TPSA) is 46.2 Å². The minimum atomic E-state index is -0.123. The number of Topliss-reactive ketones (excluding diaryl/α,β-unsaturated/α-hetero) is 1. The third-order valence-electron chi connectivity index (χ3n) is 4.30. The number of benzene rings is 2. The van der Waals surface area contributed by atoms with Crippen LogP contribution in [0.25, 0.3) is 0 Å². The number of carbonyl (C=O) groups is 2. The molecule has 1 heterocycles. The average Bonchev–Trinajstić information content (AvgIpc) is 3.17. The zero-order valence-electron chi connectivity index (χ0n) is 14.6. The summed E-state index contributed by atoms with van der Waals surface area (Å²) in [6.07, 6.45) is 0.810. The van der Waals surface area contributed by atoms with Gasteiger partial charge in [-0.2, -0.15) is 0 Å². The summed E-state index contributed by atoms with van der Waals surface area (Å²) >= 11 is 1.24. The van der Waals surface area contributed by atoms with Crippen LogP contribution in [0.5, 0.6) is 0 Å². The van der Waals surface area contributed by atoms with Crippen LogP contribution in [0.2, 0.25) is 0 Å². The molecule has 0 aliphatic rings. The molecule has 0 aliphatic carbocycles. The molecule has 0 saturated heterocycles. The predicted octanol–water partition coefficient (Wildman–Crippen LogP) is 4.90. The van der Waals surface area contributed by atoms with Crippen LogP contribution in [-0.2, 0) is 0 Å². The monoisotopic (exact) mass is 363 g/mol. The van der Waals surface area contributed by atoms with Crippen LogP contribution in [-0.4, -0.2) is 18.2 Å². The van der Waals surface area contributed by atoms with E-state index in [9.17, 15) is 9.59 Å². The Morgan fingerprint density at radius 3 is 1.88 bits per heavy atom. The maximum atomic E-state index is 12.3. The number of ketones is 1. The van der Waals surface area contributed by atoms with Crippen LogP contribution in [0.15, 0.2) is 72.8 Å². The Morgan fingerprint density at radius 2 is 1.38 bits per heavy atom. The first kappa shape index (κ1) is 18.1. The summed E-state index contributed by atoms with van der Waals surface area (Å²) in [7, 11) is 0. The summed E-state index contributed by atoms with van der Waals surface area (Å²) < 4.78 is 0. The summed E-state index contributed by atoms with van der Waals surface area (Å²) in [5, 5.41) is 2.98. The Balaban J connectivity index is 1.66. The number of rotatable bonds is 7. The molecule has 1 aromatic heterocycles. The molecular formula is C22H21NO2S. The molecule has 0 spiro atoms. The van der Waals surface area contributed by atoms with E-state index in [2.05, 4.69) is 29.6 Å². The molecule has 3 rings (SSSR count). The third kappa shape index (κ3) is 4.46. The van der Waals surface area contributed by atoms with Gasteiger partial charge in [-0.3, -0.25) is 9.59 Å². The number of hydrogen-bond acceptors (Lipinski definition) is 3. The first-order valence-electron chi connectivity index (χ1n) is 8.64. The summed E-state index contributed by atoms with van der Waals surface area (Å²) in [6, 6.07) is 24.1. The van der Waals surface area contributed by atoms with Crippen LogP contribution in [0, 0.1) is 0 Å². The molecule has 0 fully saturated rings. The molecule has 1 N–H and O–H groups in total. The molecule has 0 aliphatic heterocycles.